The van der Waals surface area contributed by atoms with Gasteiger partial charge < -0.3 is 5.73 Å². The fraction of sp³-hybridized carbons (Fsp3) is 0.167. The molecule has 2 rings (SSSR count). The number of hydrogen-bond acceptors (Lipinski definition) is 2. The first-order valence-corrected chi connectivity index (χ1v) is 6.72. The van der Waals surface area contributed by atoms with Crippen LogP contribution in [-0.2, 0) is 6.18 Å². The van der Waals surface area contributed by atoms with E-state index in [9.17, 15) is 13.2 Å². The Hall–Kier alpha value is -0.850. The highest BCUT2D eigenvalue weighted by molar-refractivity contribution is 9.10. The standard InChI is InChI=1S/C12H9BrF3NS/c13-9-4-3-7(6-8(9)12(14,15)16)11(17)10-2-1-5-18-10/h1-6,11H,17H2. The maximum Gasteiger partial charge on any atom is 0.417 e. The second-order valence-corrected chi connectivity index (χ2v) is 5.56. The first kappa shape index (κ1) is 13.6. The maximum absolute atomic E-state index is 12.8. The van der Waals surface area contributed by atoms with Crippen molar-refractivity contribution < 1.29 is 13.2 Å². The molecule has 0 aliphatic carbocycles. The van der Waals surface area contributed by atoms with E-state index in [2.05, 4.69) is 15.9 Å². The number of alkyl halides is 3. The topological polar surface area (TPSA) is 26.0 Å². The molecule has 0 saturated heterocycles. The number of thiophene rings is 1. The molecule has 1 aromatic carbocycles. The molecule has 0 saturated carbocycles. The Morgan fingerprint density at radius 2 is 1.94 bits per heavy atom. The summed E-state index contributed by atoms with van der Waals surface area (Å²) in [6.45, 7) is 0. The van der Waals surface area contributed by atoms with Crippen LogP contribution in [0.15, 0.2) is 40.2 Å². The zero-order chi connectivity index (χ0) is 13.3. The lowest BCUT2D eigenvalue weighted by molar-refractivity contribution is -0.138. The molecule has 1 heterocycles. The molecule has 18 heavy (non-hydrogen) atoms. The predicted octanol–water partition coefficient (Wildman–Crippen LogP) is 4.58. The average molecular weight is 336 g/mol. The highest BCUT2D eigenvalue weighted by Gasteiger charge is 2.33. The molecule has 2 aromatic rings. The average Bonchev–Trinajstić information content (AvgIpc) is 2.80. The van der Waals surface area contributed by atoms with E-state index in [4.69, 9.17) is 5.73 Å². The summed E-state index contributed by atoms with van der Waals surface area (Å²) in [6, 6.07) is 7.18. The Kier molecular flexibility index (Phi) is 3.79. The van der Waals surface area contributed by atoms with E-state index >= 15 is 0 Å². The highest BCUT2D eigenvalue weighted by atomic mass is 79.9. The minimum Gasteiger partial charge on any atom is -0.320 e. The van der Waals surface area contributed by atoms with Crippen LogP contribution in [0.1, 0.15) is 22.0 Å². The summed E-state index contributed by atoms with van der Waals surface area (Å²) in [4.78, 5) is 0.838. The molecule has 0 bridgehead atoms. The fourth-order valence-electron chi connectivity index (χ4n) is 1.59. The minimum absolute atomic E-state index is 0.0251. The van der Waals surface area contributed by atoms with Gasteiger partial charge in [-0.1, -0.05) is 28.1 Å². The van der Waals surface area contributed by atoms with Crippen LogP contribution in [0.5, 0.6) is 0 Å². The Labute approximate surface area is 115 Å². The van der Waals surface area contributed by atoms with Gasteiger partial charge in [-0.3, -0.25) is 0 Å². The molecule has 2 N–H and O–H groups in total. The van der Waals surface area contributed by atoms with Gasteiger partial charge in [-0.15, -0.1) is 11.3 Å². The van der Waals surface area contributed by atoms with Crippen molar-refractivity contribution in [2.75, 3.05) is 0 Å². The Balaban J connectivity index is 2.42. The third-order valence-electron chi connectivity index (χ3n) is 2.50. The predicted molar refractivity (Wildman–Crippen MR) is 69.5 cm³/mol. The van der Waals surface area contributed by atoms with Gasteiger partial charge in [0.05, 0.1) is 11.6 Å². The molecule has 0 fully saturated rings. The number of halogens is 4. The fourth-order valence-corrected chi connectivity index (χ4v) is 2.81. The van der Waals surface area contributed by atoms with Gasteiger partial charge in [-0.2, -0.15) is 13.2 Å². The van der Waals surface area contributed by atoms with Crippen LogP contribution in [-0.4, -0.2) is 0 Å². The van der Waals surface area contributed by atoms with Crippen LogP contribution in [0.3, 0.4) is 0 Å². The van der Waals surface area contributed by atoms with Crippen molar-refractivity contribution in [3.8, 4) is 0 Å². The molecule has 96 valence electrons. The van der Waals surface area contributed by atoms with Gasteiger partial charge in [0.1, 0.15) is 0 Å². The summed E-state index contributed by atoms with van der Waals surface area (Å²) in [5.74, 6) is 0. The molecule has 1 nitrogen and oxygen atoms in total. The number of nitrogens with two attached hydrogens (primary N) is 1. The molecule has 1 aromatic heterocycles. The number of benzene rings is 1. The molecule has 0 radical (unpaired) electrons. The lowest BCUT2D eigenvalue weighted by Crippen LogP contribution is -2.13. The van der Waals surface area contributed by atoms with Crippen LogP contribution in [0.2, 0.25) is 0 Å². The van der Waals surface area contributed by atoms with Gasteiger partial charge in [0.15, 0.2) is 0 Å². The van der Waals surface area contributed by atoms with Gasteiger partial charge in [0.2, 0.25) is 0 Å². The second kappa shape index (κ2) is 5.03. The third kappa shape index (κ3) is 2.76. The Morgan fingerprint density at radius 3 is 2.50 bits per heavy atom. The van der Waals surface area contributed by atoms with Crippen molar-refractivity contribution in [3.63, 3.8) is 0 Å². The molecular weight excluding hydrogens is 327 g/mol. The van der Waals surface area contributed by atoms with Crippen LogP contribution in [0, 0.1) is 0 Å². The summed E-state index contributed by atoms with van der Waals surface area (Å²) in [5.41, 5.74) is 5.70. The largest absolute Gasteiger partial charge is 0.417 e. The van der Waals surface area contributed by atoms with E-state index in [0.29, 0.717) is 5.56 Å². The molecule has 1 unspecified atom stereocenters. The van der Waals surface area contributed by atoms with Crippen molar-refractivity contribution in [2.45, 2.75) is 12.2 Å². The van der Waals surface area contributed by atoms with Crippen molar-refractivity contribution in [2.24, 2.45) is 5.73 Å². The van der Waals surface area contributed by atoms with Crippen LogP contribution < -0.4 is 5.73 Å². The normalized spacial score (nSPS) is 13.6. The monoisotopic (exact) mass is 335 g/mol. The van der Waals surface area contributed by atoms with Crippen molar-refractivity contribution in [3.05, 3.63) is 56.2 Å². The molecule has 1 atom stereocenters. The molecule has 0 aliphatic heterocycles. The zero-order valence-electron chi connectivity index (χ0n) is 9.04. The second-order valence-electron chi connectivity index (χ2n) is 3.73. The summed E-state index contributed by atoms with van der Waals surface area (Å²) in [6.07, 6.45) is -4.38. The summed E-state index contributed by atoms with van der Waals surface area (Å²) >= 11 is 4.33. The van der Waals surface area contributed by atoms with E-state index < -0.39 is 17.8 Å². The lowest BCUT2D eigenvalue weighted by atomic mass is 10.0. The summed E-state index contributed by atoms with van der Waals surface area (Å²) in [7, 11) is 0. The maximum atomic E-state index is 12.8. The van der Waals surface area contributed by atoms with Gasteiger partial charge in [-0.25, -0.2) is 0 Å². The Morgan fingerprint density at radius 1 is 1.22 bits per heavy atom. The third-order valence-corrected chi connectivity index (χ3v) is 4.15. The first-order valence-electron chi connectivity index (χ1n) is 5.05. The molecule has 6 heteroatoms. The summed E-state index contributed by atoms with van der Waals surface area (Å²) in [5, 5.41) is 1.85. The van der Waals surface area contributed by atoms with E-state index in [1.807, 2.05) is 17.5 Å². The quantitative estimate of drug-likeness (QED) is 0.854. The molecule has 0 aliphatic rings. The molecule has 0 amide bonds. The van der Waals surface area contributed by atoms with E-state index in [1.165, 1.54) is 17.4 Å². The van der Waals surface area contributed by atoms with Gasteiger partial charge >= 0.3 is 6.18 Å². The highest BCUT2D eigenvalue weighted by Crippen LogP contribution is 2.37. The zero-order valence-corrected chi connectivity index (χ0v) is 11.4. The van der Waals surface area contributed by atoms with Crippen molar-refractivity contribution in [1.29, 1.82) is 0 Å². The smallest absolute Gasteiger partial charge is 0.320 e. The minimum atomic E-state index is -4.38. The summed E-state index contributed by atoms with van der Waals surface area (Å²) < 4.78 is 38.3. The molecule has 0 spiro atoms. The van der Waals surface area contributed by atoms with Crippen LogP contribution in [0.4, 0.5) is 13.2 Å². The molecular formula is C12H9BrF3NS. The van der Waals surface area contributed by atoms with Gasteiger partial charge in [0.25, 0.3) is 0 Å². The lowest BCUT2D eigenvalue weighted by Gasteiger charge is -2.14. The van der Waals surface area contributed by atoms with Gasteiger partial charge in [-0.05, 0) is 29.1 Å². The van der Waals surface area contributed by atoms with E-state index in [1.54, 1.807) is 6.07 Å². The van der Waals surface area contributed by atoms with E-state index in [0.717, 1.165) is 10.9 Å². The van der Waals surface area contributed by atoms with Crippen LogP contribution >= 0.6 is 27.3 Å². The number of rotatable bonds is 2. The number of hydrogen-bond donors (Lipinski definition) is 1. The Bertz CT molecular complexity index is 537. The van der Waals surface area contributed by atoms with E-state index in [-0.39, 0.29) is 4.47 Å². The SMILES string of the molecule is NC(c1ccc(Br)c(C(F)(F)F)c1)c1cccs1. The van der Waals surface area contributed by atoms with Gasteiger partial charge in [0, 0.05) is 9.35 Å². The van der Waals surface area contributed by atoms with Crippen molar-refractivity contribution in [1.82, 2.24) is 0 Å². The van der Waals surface area contributed by atoms with Crippen LogP contribution in [0.25, 0.3) is 0 Å². The first-order chi connectivity index (χ1) is 8.39. The van der Waals surface area contributed by atoms with Crippen molar-refractivity contribution >= 4 is 27.3 Å².